The average Bonchev–Trinajstić information content (AvgIpc) is 3.09. The number of hydrogen-bond donors (Lipinski definition) is 1. The van der Waals surface area contributed by atoms with Crippen LogP contribution in [-0.2, 0) is 25.5 Å². The zero-order valence-corrected chi connectivity index (χ0v) is 17.1. The van der Waals surface area contributed by atoms with E-state index >= 15 is 0 Å². The van der Waals surface area contributed by atoms with Gasteiger partial charge >= 0.3 is 5.97 Å². The highest BCUT2D eigenvalue weighted by Crippen LogP contribution is 2.27. The molecule has 1 aliphatic heterocycles. The third kappa shape index (κ3) is 4.98. The molecule has 1 aliphatic rings. The van der Waals surface area contributed by atoms with E-state index in [1.54, 1.807) is 4.90 Å². The second-order valence-electron chi connectivity index (χ2n) is 6.59. The Morgan fingerprint density at radius 2 is 1.82 bits per heavy atom. The molecule has 2 amide bonds. The van der Waals surface area contributed by atoms with Gasteiger partial charge in [0.2, 0.25) is 5.91 Å². The Kier molecular flexibility index (Phi) is 6.46. The summed E-state index contributed by atoms with van der Waals surface area (Å²) in [5.74, 6) is -1.66. The minimum absolute atomic E-state index is 0.0784. The van der Waals surface area contributed by atoms with Crippen molar-refractivity contribution in [3.8, 4) is 0 Å². The molecule has 146 valence electrons. The second kappa shape index (κ2) is 9.01. The maximum atomic E-state index is 12.3. The van der Waals surface area contributed by atoms with Gasteiger partial charge in [0.15, 0.2) is 6.61 Å². The molecule has 3 rings (SSSR count). The predicted octanol–water partition coefficient (Wildman–Crippen LogP) is 3.55. The van der Waals surface area contributed by atoms with Crippen molar-refractivity contribution in [3.05, 3.63) is 58.6 Å². The molecule has 0 aliphatic carbocycles. The lowest BCUT2D eigenvalue weighted by atomic mass is 10.1. The van der Waals surface area contributed by atoms with Crippen LogP contribution in [0.5, 0.6) is 0 Å². The molecular formula is C21H21BrN2O4. The van der Waals surface area contributed by atoms with Crippen LogP contribution in [0.15, 0.2) is 53.0 Å². The molecule has 1 heterocycles. The zero-order chi connectivity index (χ0) is 20.1. The van der Waals surface area contributed by atoms with Gasteiger partial charge in [0.05, 0.1) is 5.92 Å². The summed E-state index contributed by atoms with van der Waals surface area (Å²) in [6.45, 7) is 1.93. The highest BCUT2D eigenvalue weighted by molar-refractivity contribution is 9.10. The van der Waals surface area contributed by atoms with Crippen LogP contribution in [0.1, 0.15) is 18.9 Å². The van der Waals surface area contributed by atoms with Crippen molar-refractivity contribution in [1.82, 2.24) is 0 Å². The number of anilines is 2. The Morgan fingerprint density at radius 1 is 1.14 bits per heavy atom. The third-order valence-corrected chi connectivity index (χ3v) is 5.12. The molecule has 1 N–H and O–H groups in total. The van der Waals surface area contributed by atoms with E-state index in [2.05, 4.69) is 28.2 Å². The fourth-order valence-electron chi connectivity index (χ4n) is 3.01. The number of hydrogen-bond acceptors (Lipinski definition) is 4. The second-order valence-corrected chi connectivity index (χ2v) is 7.50. The van der Waals surface area contributed by atoms with Crippen molar-refractivity contribution in [2.24, 2.45) is 5.92 Å². The van der Waals surface area contributed by atoms with Crippen LogP contribution < -0.4 is 10.2 Å². The van der Waals surface area contributed by atoms with E-state index in [-0.39, 0.29) is 25.5 Å². The summed E-state index contributed by atoms with van der Waals surface area (Å²) in [4.78, 5) is 38.1. The molecule has 2 aromatic carbocycles. The van der Waals surface area contributed by atoms with Crippen molar-refractivity contribution < 1.29 is 19.1 Å². The normalized spacial score (nSPS) is 16.1. The molecule has 1 atom stereocenters. The van der Waals surface area contributed by atoms with Crippen LogP contribution >= 0.6 is 15.9 Å². The monoisotopic (exact) mass is 444 g/mol. The summed E-state index contributed by atoms with van der Waals surface area (Å²) in [5.41, 5.74) is 2.55. The van der Waals surface area contributed by atoms with Gasteiger partial charge in [0, 0.05) is 28.8 Å². The Bertz CT molecular complexity index is 865. The fourth-order valence-corrected chi connectivity index (χ4v) is 3.28. The minimum Gasteiger partial charge on any atom is -0.455 e. The molecule has 0 aromatic heterocycles. The molecule has 6 nitrogen and oxygen atoms in total. The number of esters is 1. The molecule has 1 unspecified atom stereocenters. The molecule has 1 saturated heterocycles. The quantitative estimate of drug-likeness (QED) is 0.691. The van der Waals surface area contributed by atoms with Gasteiger partial charge < -0.3 is 15.0 Å². The third-order valence-electron chi connectivity index (χ3n) is 4.59. The molecule has 1 fully saturated rings. The van der Waals surface area contributed by atoms with E-state index in [0.29, 0.717) is 5.69 Å². The van der Waals surface area contributed by atoms with E-state index in [0.717, 1.165) is 16.6 Å². The molecule has 0 saturated carbocycles. The van der Waals surface area contributed by atoms with Crippen molar-refractivity contribution in [2.45, 2.75) is 19.8 Å². The maximum absolute atomic E-state index is 12.3. The Hall–Kier alpha value is -2.67. The number of carbonyl (C=O) groups excluding carboxylic acids is 3. The average molecular weight is 445 g/mol. The fraction of sp³-hybridized carbons (Fsp3) is 0.286. The summed E-state index contributed by atoms with van der Waals surface area (Å²) in [5, 5.41) is 2.69. The van der Waals surface area contributed by atoms with Crippen molar-refractivity contribution >= 4 is 45.1 Å². The first-order valence-electron chi connectivity index (χ1n) is 9.07. The summed E-state index contributed by atoms with van der Waals surface area (Å²) in [6.07, 6.45) is 0.998. The summed E-state index contributed by atoms with van der Waals surface area (Å²) >= 11 is 3.35. The standard InChI is InChI=1S/C21H21BrN2O4/c1-2-14-3-7-17(8-4-14)23-19(25)13-28-21(27)15-11-20(26)24(12-15)18-9-5-16(22)6-10-18/h3-10,15H,2,11-13H2,1H3,(H,23,25). The number of ether oxygens (including phenoxy) is 1. The van der Waals surface area contributed by atoms with Crippen molar-refractivity contribution in [3.63, 3.8) is 0 Å². The Labute approximate surface area is 172 Å². The SMILES string of the molecule is CCc1ccc(NC(=O)COC(=O)C2CC(=O)N(c3ccc(Br)cc3)C2)cc1. The molecule has 0 bridgehead atoms. The highest BCUT2D eigenvalue weighted by Gasteiger charge is 2.36. The van der Waals surface area contributed by atoms with E-state index < -0.39 is 17.8 Å². The lowest BCUT2D eigenvalue weighted by Gasteiger charge is -2.16. The number of amides is 2. The molecule has 2 aromatic rings. The van der Waals surface area contributed by atoms with Crippen molar-refractivity contribution in [1.29, 1.82) is 0 Å². The number of benzene rings is 2. The van der Waals surface area contributed by atoms with Gasteiger partial charge in [-0.15, -0.1) is 0 Å². The van der Waals surface area contributed by atoms with E-state index in [9.17, 15) is 14.4 Å². The summed E-state index contributed by atoms with van der Waals surface area (Å²) in [7, 11) is 0. The van der Waals surface area contributed by atoms with Gasteiger partial charge in [-0.2, -0.15) is 0 Å². The molecule has 0 radical (unpaired) electrons. The molecule has 7 heteroatoms. The van der Waals surface area contributed by atoms with Gasteiger partial charge in [0.1, 0.15) is 0 Å². The number of aryl methyl sites for hydroxylation is 1. The van der Waals surface area contributed by atoms with Gasteiger partial charge in [-0.3, -0.25) is 14.4 Å². The van der Waals surface area contributed by atoms with E-state index in [1.165, 1.54) is 5.56 Å². The maximum Gasteiger partial charge on any atom is 0.311 e. The molecular weight excluding hydrogens is 424 g/mol. The first kappa shape index (κ1) is 20.1. The van der Waals surface area contributed by atoms with Crippen LogP contribution in [0.4, 0.5) is 11.4 Å². The Morgan fingerprint density at radius 3 is 2.46 bits per heavy atom. The number of nitrogens with zero attached hydrogens (tertiary/aromatic N) is 1. The summed E-state index contributed by atoms with van der Waals surface area (Å²) < 4.78 is 6.03. The number of nitrogens with one attached hydrogen (secondary N) is 1. The summed E-state index contributed by atoms with van der Waals surface area (Å²) in [6, 6.07) is 14.8. The predicted molar refractivity (Wildman–Crippen MR) is 110 cm³/mol. The first-order chi connectivity index (χ1) is 13.5. The van der Waals surface area contributed by atoms with E-state index in [1.807, 2.05) is 48.5 Å². The van der Waals surface area contributed by atoms with E-state index in [4.69, 9.17) is 4.74 Å². The molecule has 0 spiro atoms. The van der Waals surface area contributed by atoms with Crippen LogP contribution in [0.3, 0.4) is 0 Å². The molecule has 28 heavy (non-hydrogen) atoms. The van der Waals surface area contributed by atoms with Crippen LogP contribution in [0, 0.1) is 5.92 Å². The number of rotatable bonds is 6. The number of carbonyl (C=O) groups is 3. The smallest absolute Gasteiger partial charge is 0.311 e. The van der Waals surface area contributed by atoms with Crippen LogP contribution in [0.25, 0.3) is 0 Å². The Balaban J connectivity index is 1.49. The number of halogens is 1. The van der Waals surface area contributed by atoms with Gasteiger partial charge in [-0.05, 0) is 48.4 Å². The largest absolute Gasteiger partial charge is 0.455 e. The van der Waals surface area contributed by atoms with Crippen molar-refractivity contribution in [2.75, 3.05) is 23.4 Å². The lowest BCUT2D eigenvalue weighted by Crippen LogP contribution is -2.28. The zero-order valence-electron chi connectivity index (χ0n) is 15.5. The topological polar surface area (TPSA) is 75.7 Å². The van der Waals surface area contributed by atoms with Crippen LogP contribution in [0.2, 0.25) is 0 Å². The first-order valence-corrected chi connectivity index (χ1v) is 9.87. The lowest BCUT2D eigenvalue weighted by molar-refractivity contribution is -0.151. The highest BCUT2D eigenvalue weighted by atomic mass is 79.9. The minimum atomic E-state index is -0.576. The van der Waals surface area contributed by atoms with Gasteiger partial charge in [-0.25, -0.2) is 0 Å². The van der Waals surface area contributed by atoms with Gasteiger partial charge in [0.25, 0.3) is 5.91 Å². The van der Waals surface area contributed by atoms with Crippen LogP contribution in [-0.4, -0.2) is 30.9 Å². The van der Waals surface area contributed by atoms with Gasteiger partial charge in [-0.1, -0.05) is 35.0 Å².